The van der Waals surface area contributed by atoms with Gasteiger partial charge < -0.3 is 9.32 Å². The third-order valence-electron chi connectivity index (χ3n) is 13.1. The van der Waals surface area contributed by atoms with Crippen molar-refractivity contribution in [1.82, 2.24) is 0 Å². The number of hydrogen-bond acceptors (Lipinski definition) is 2. The van der Waals surface area contributed by atoms with Gasteiger partial charge in [0, 0.05) is 39.0 Å². The molecular weight excluding hydrogens is 703 g/mol. The molecule has 2 aliphatic rings. The van der Waals surface area contributed by atoms with Crippen LogP contribution in [0.5, 0.6) is 0 Å². The van der Waals surface area contributed by atoms with E-state index in [1.807, 2.05) is 6.07 Å². The minimum atomic E-state index is -0.444. The van der Waals surface area contributed by atoms with Crippen LogP contribution in [0.1, 0.15) is 47.2 Å². The van der Waals surface area contributed by atoms with E-state index < -0.39 is 5.41 Å². The van der Waals surface area contributed by atoms with Crippen LogP contribution in [-0.4, -0.2) is 0 Å². The van der Waals surface area contributed by atoms with Crippen molar-refractivity contribution in [2.24, 2.45) is 0 Å². The lowest BCUT2D eigenvalue weighted by atomic mass is 9.66. The van der Waals surface area contributed by atoms with Crippen molar-refractivity contribution in [2.75, 3.05) is 4.90 Å². The summed E-state index contributed by atoms with van der Waals surface area (Å²) in [6, 6.07) is 73.8. The summed E-state index contributed by atoms with van der Waals surface area (Å²) < 4.78 is 6.46. The average molecular weight is 742 g/mol. The van der Waals surface area contributed by atoms with Gasteiger partial charge in [-0.1, -0.05) is 172 Å². The fourth-order valence-corrected chi connectivity index (χ4v) is 10.5. The van der Waals surface area contributed by atoms with Crippen molar-refractivity contribution in [3.8, 4) is 22.3 Å². The van der Waals surface area contributed by atoms with Crippen LogP contribution in [0.15, 0.2) is 205 Å². The highest BCUT2D eigenvalue weighted by Crippen LogP contribution is 2.58. The van der Waals surface area contributed by atoms with Gasteiger partial charge >= 0.3 is 0 Å². The van der Waals surface area contributed by atoms with E-state index in [-0.39, 0.29) is 5.41 Å². The van der Waals surface area contributed by atoms with Crippen molar-refractivity contribution in [3.05, 3.63) is 234 Å². The van der Waals surface area contributed by atoms with Gasteiger partial charge in [-0.3, -0.25) is 0 Å². The number of rotatable bonds is 5. The maximum atomic E-state index is 6.46. The Labute approximate surface area is 338 Å². The lowest BCUT2D eigenvalue weighted by molar-refractivity contribution is 0.655. The van der Waals surface area contributed by atoms with Gasteiger partial charge in [0.25, 0.3) is 0 Å². The first-order valence-electron chi connectivity index (χ1n) is 20.3. The number of anilines is 3. The molecule has 0 bridgehead atoms. The summed E-state index contributed by atoms with van der Waals surface area (Å²) in [7, 11) is 0. The summed E-state index contributed by atoms with van der Waals surface area (Å²) in [6.07, 6.45) is 0. The zero-order chi connectivity index (χ0) is 38.6. The van der Waals surface area contributed by atoms with E-state index in [1.165, 1.54) is 66.4 Å². The molecule has 12 rings (SSSR count). The second-order valence-corrected chi connectivity index (χ2v) is 16.4. The fraction of sp³-hybridized carbons (Fsp3) is 0.0714. The van der Waals surface area contributed by atoms with Crippen LogP contribution in [0.2, 0.25) is 0 Å². The van der Waals surface area contributed by atoms with E-state index in [9.17, 15) is 0 Å². The molecule has 0 N–H and O–H groups in total. The molecule has 0 saturated heterocycles. The molecule has 2 nitrogen and oxygen atoms in total. The number of benzene rings is 9. The van der Waals surface area contributed by atoms with E-state index in [2.05, 4.69) is 213 Å². The Balaban J connectivity index is 1.05. The molecular formula is C56H39NO. The summed E-state index contributed by atoms with van der Waals surface area (Å²) in [4.78, 5) is 2.41. The van der Waals surface area contributed by atoms with Gasteiger partial charge in [-0.25, -0.2) is 0 Å². The Hall–Kier alpha value is -7.16. The standard InChI is InChI=1S/C56H39NO/c1-55(2)50-33-38(56(37-17-4-3-5-18-37)48-23-11-8-20-42(48)43-21-9-12-24-49(43)56)27-30-44(50)45-31-28-39(34-51(45)55)57(52-25-14-16-36-15-6-7-19-41(36)52)40-29-32-47-46-22-10-13-26-53(46)58-54(47)35-40/h3-35H,1-2H3. The molecule has 10 aromatic rings. The molecule has 58 heavy (non-hydrogen) atoms. The largest absolute Gasteiger partial charge is 0.456 e. The summed E-state index contributed by atoms with van der Waals surface area (Å²) in [6.45, 7) is 4.80. The minimum absolute atomic E-state index is 0.265. The monoisotopic (exact) mass is 741 g/mol. The third kappa shape index (κ3) is 4.49. The van der Waals surface area contributed by atoms with Crippen LogP contribution in [0.3, 0.4) is 0 Å². The molecule has 0 fully saturated rings. The summed E-state index contributed by atoms with van der Waals surface area (Å²) >= 11 is 0. The van der Waals surface area contributed by atoms with Gasteiger partial charge in [-0.05, 0) is 97.4 Å². The van der Waals surface area contributed by atoms with Crippen LogP contribution in [0, 0.1) is 0 Å². The van der Waals surface area contributed by atoms with E-state index in [0.717, 1.165) is 39.0 Å². The van der Waals surface area contributed by atoms with Crippen LogP contribution in [0.4, 0.5) is 17.1 Å². The molecule has 0 amide bonds. The molecule has 1 heterocycles. The van der Waals surface area contributed by atoms with Crippen molar-refractivity contribution in [3.63, 3.8) is 0 Å². The van der Waals surface area contributed by atoms with Gasteiger partial charge in [-0.2, -0.15) is 0 Å². The molecule has 0 spiro atoms. The molecule has 0 aliphatic heterocycles. The normalized spacial score (nSPS) is 14.3. The topological polar surface area (TPSA) is 16.4 Å². The van der Waals surface area contributed by atoms with Gasteiger partial charge in [0.15, 0.2) is 0 Å². The highest BCUT2D eigenvalue weighted by molar-refractivity contribution is 6.07. The van der Waals surface area contributed by atoms with Crippen LogP contribution >= 0.6 is 0 Å². The van der Waals surface area contributed by atoms with Gasteiger partial charge in [0.05, 0.1) is 11.1 Å². The lowest BCUT2D eigenvalue weighted by Crippen LogP contribution is -2.29. The number of para-hydroxylation sites is 1. The molecule has 0 radical (unpaired) electrons. The highest BCUT2D eigenvalue weighted by Gasteiger charge is 2.47. The summed E-state index contributed by atoms with van der Waals surface area (Å²) in [5.74, 6) is 0. The summed E-state index contributed by atoms with van der Waals surface area (Å²) in [5.41, 5.74) is 17.5. The second-order valence-electron chi connectivity index (χ2n) is 16.4. The SMILES string of the molecule is CC1(C)c2cc(N(c3ccc4c(c3)oc3ccccc34)c3cccc4ccccc34)ccc2-c2ccc(C3(c4ccccc4)c4ccccc4-c4ccccc43)cc21. The summed E-state index contributed by atoms with van der Waals surface area (Å²) in [5, 5.41) is 4.67. The maximum Gasteiger partial charge on any atom is 0.137 e. The van der Waals surface area contributed by atoms with Gasteiger partial charge in [-0.15, -0.1) is 0 Å². The van der Waals surface area contributed by atoms with E-state index in [4.69, 9.17) is 4.42 Å². The Kier molecular flexibility index (Phi) is 6.93. The average Bonchev–Trinajstić information content (AvgIpc) is 3.87. The fourth-order valence-electron chi connectivity index (χ4n) is 10.5. The van der Waals surface area contributed by atoms with Crippen molar-refractivity contribution >= 4 is 49.8 Å². The van der Waals surface area contributed by atoms with Crippen LogP contribution < -0.4 is 4.90 Å². The van der Waals surface area contributed by atoms with Crippen molar-refractivity contribution in [2.45, 2.75) is 24.7 Å². The molecule has 0 saturated carbocycles. The molecule has 0 unspecified atom stereocenters. The Bertz CT molecular complexity index is 3230. The Morgan fingerprint density at radius 2 is 0.948 bits per heavy atom. The first-order chi connectivity index (χ1) is 28.5. The predicted molar refractivity (Wildman–Crippen MR) is 241 cm³/mol. The van der Waals surface area contributed by atoms with E-state index in [0.29, 0.717) is 0 Å². The lowest BCUT2D eigenvalue weighted by Gasteiger charge is -2.35. The zero-order valence-electron chi connectivity index (χ0n) is 32.4. The molecule has 9 aromatic carbocycles. The first-order valence-corrected chi connectivity index (χ1v) is 20.3. The Morgan fingerprint density at radius 1 is 0.379 bits per heavy atom. The number of nitrogens with zero attached hydrogens (tertiary/aromatic N) is 1. The quantitative estimate of drug-likeness (QED) is 0.175. The van der Waals surface area contributed by atoms with E-state index >= 15 is 0 Å². The molecule has 1 aromatic heterocycles. The van der Waals surface area contributed by atoms with Crippen molar-refractivity contribution in [1.29, 1.82) is 0 Å². The van der Waals surface area contributed by atoms with Gasteiger partial charge in [0.1, 0.15) is 11.2 Å². The van der Waals surface area contributed by atoms with Gasteiger partial charge in [0.2, 0.25) is 0 Å². The number of hydrogen-bond donors (Lipinski definition) is 0. The van der Waals surface area contributed by atoms with Crippen LogP contribution in [0.25, 0.3) is 55.0 Å². The maximum absolute atomic E-state index is 6.46. The first kappa shape index (κ1) is 33.0. The second kappa shape index (κ2) is 12.2. The number of furan rings is 1. The third-order valence-corrected chi connectivity index (χ3v) is 13.1. The zero-order valence-corrected chi connectivity index (χ0v) is 32.4. The highest BCUT2D eigenvalue weighted by atomic mass is 16.3. The minimum Gasteiger partial charge on any atom is -0.456 e. The van der Waals surface area contributed by atoms with Crippen molar-refractivity contribution < 1.29 is 4.42 Å². The smallest absolute Gasteiger partial charge is 0.137 e. The van der Waals surface area contributed by atoms with Crippen LogP contribution in [-0.2, 0) is 10.8 Å². The molecule has 2 heteroatoms. The molecule has 0 atom stereocenters. The Morgan fingerprint density at radius 3 is 1.74 bits per heavy atom. The predicted octanol–water partition coefficient (Wildman–Crippen LogP) is 14.9. The molecule has 2 aliphatic carbocycles. The number of fused-ring (bicyclic) bond motifs is 10. The van der Waals surface area contributed by atoms with E-state index in [1.54, 1.807) is 0 Å². The molecule has 274 valence electrons.